The van der Waals surface area contributed by atoms with Gasteiger partial charge in [-0.15, -0.1) is 0 Å². The predicted octanol–water partition coefficient (Wildman–Crippen LogP) is 4.53. The van der Waals surface area contributed by atoms with E-state index in [2.05, 4.69) is 10.6 Å². The minimum Gasteiger partial charge on any atom is -0.490 e. The van der Waals surface area contributed by atoms with Gasteiger partial charge in [-0.2, -0.15) is 0 Å². The molecule has 0 saturated carbocycles. The Kier molecular flexibility index (Phi) is 7.78. The summed E-state index contributed by atoms with van der Waals surface area (Å²) in [5.74, 6) is 1.41. The Labute approximate surface area is 175 Å². The first-order valence-corrected chi connectivity index (χ1v) is 9.73. The number of amides is 1. The molecule has 0 fully saturated rings. The molecule has 0 unspecified atom stereocenters. The van der Waals surface area contributed by atoms with Crippen molar-refractivity contribution in [3.63, 3.8) is 0 Å². The average Bonchev–Trinajstić information content (AvgIpc) is 2.76. The van der Waals surface area contributed by atoms with Crippen molar-refractivity contribution in [1.82, 2.24) is 5.32 Å². The third-order valence-corrected chi connectivity index (χ3v) is 4.45. The summed E-state index contributed by atoms with van der Waals surface area (Å²) in [4.78, 5) is 12.1. The quantitative estimate of drug-likeness (QED) is 0.482. The summed E-state index contributed by atoms with van der Waals surface area (Å²) in [5.41, 5.74) is 1.69. The zero-order valence-corrected chi connectivity index (χ0v) is 16.7. The van der Waals surface area contributed by atoms with Crippen LogP contribution in [0, 0.1) is 0 Å². The van der Waals surface area contributed by atoms with Gasteiger partial charge in [0.25, 0.3) is 0 Å². The van der Waals surface area contributed by atoms with Crippen LogP contribution in [0.5, 0.6) is 11.5 Å². The second-order valence-corrected chi connectivity index (χ2v) is 6.67. The molecule has 3 aromatic carbocycles. The van der Waals surface area contributed by atoms with E-state index >= 15 is 0 Å². The van der Waals surface area contributed by atoms with Gasteiger partial charge in [0.15, 0.2) is 0 Å². The summed E-state index contributed by atoms with van der Waals surface area (Å²) in [6.45, 7) is 1.43. The van der Waals surface area contributed by atoms with Gasteiger partial charge in [-0.25, -0.2) is 0 Å². The van der Waals surface area contributed by atoms with Crippen LogP contribution in [0.1, 0.15) is 5.56 Å². The van der Waals surface area contributed by atoms with E-state index in [4.69, 9.17) is 21.1 Å². The molecule has 0 aromatic heterocycles. The fourth-order valence-corrected chi connectivity index (χ4v) is 2.81. The Morgan fingerprint density at radius 3 is 2.31 bits per heavy atom. The maximum atomic E-state index is 12.1. The van der Waals surface area contributed by atoms with Crippen LogP contribution in [0.3, 0.4) is 0 Å². The first-order chi connectivity index (χ1) is 14.2. The van der Waals surface area contributed by atoms with Crippen molar-refractivity contribution in [3.8, 4) is 11.5 Å². The van der Waals surface area contributed by atoms with Crippen LogP contribution in [-0.2, 0) is 11.3 Å². The normalized spacial score (nSPS) is 10.2. The molecule has 0 aliphatic heterocycles. The second kappa shape index (κ2) is 11.0. The first kappa shape index (κ1) is 20.6. The van der Waals surface area contributed by atoms with Crippen molar-refractivity contribution in [3.05, 3.63) is 89.4 Å². The summed E-state index contributed by atoms with van der Waals surface area (Å²) in [6, 6.07) is 24.5. The molecule has 0 bridgehead atoms. The van der Waals surface area contributed by atoms with E-state index < -0.39 is 0 Å². The van der Waals surface area contributed by atoms with Crippen LogP contribution in [0.4, 0.5) is 5.69 Å². The Morgan fingerprint density at radius 2 is 1.52 bits per heavy atom. The van der Waals surface area contributed by atoms with E-state index in [1.807, 2.05) is 72.8 Å². The summed E-state index contributed by atoms with van der Waals surface area (Å²) in [5, 5.41) is 6.58. The molecule has 3 rings (SSSR count). The van der Waals surface area contributed by atoms with E-state index in [-0.39, 0.29) is 12.5 Å². The number of ether oxygens (including phenoxy) is 2. The number of rotatable bonds is 10. The van der Waals surface area contributed by atoms with Crippen molar-refractivity contribution >= 4 is 23.2 Å². The van der Waals surface area contributed by atoms with Crippen LogP contribution in [0.2, 0.25) is 5.02 Å². The number of halogens is 1. The Balaban J connectivity index is 1.38. The van der Waals surface area contributed by atoms with E-state index in [1.54, 1.807) is 6.07 Å². The highest BCUT2D eigenvalue weighted by Gasteiger charge is 2.04. The van der Waals surface area contributed by atoms with E-state index in [0.29, 0.717) is 30.5 Å². The SMILES string of the molecule is O=C(CNc1cccc(OCCOc2ccccc2)c1)NCc1ccccc1Cl. The van der Waals surface area contributed by atoms with Gasteiger partial charge in [-0.3, -0.25) is 4.79 Å². The summed E-state index contributed by atoms with van der Waals surface area (Å²) in [7, 11) is 0. The van der Waals surface area contributed by atoms with Crippen molar-refractivity contribution in [2.75, 3.05) is 25.1 Å². The van der Waals surface area contributed by atoms with Gasteiger partial charge in [0.1, 0.15) is 24.7 Å². The molecular weight excluding hydrogens is 388 g/mol. The summed E-state index contributed by atoms with van der Waals surface area (Å²) >= 11 is 6.10. The minimum atomic E-state index is -0.118. The molecule has 29 heavy (non-hydrogen) atoms. The maximum absolute atomic E-state index is 12.1. The van der Waals surface area contributed by atoms with Crippen LogP contribution in [0.15, 0.2) is 78.9 Å². The fraction of sp³-hybridized carbons (Fsp3) is 0.174. The highest BCUT2D eigenvalue weighted by atomic mass is 35.5. The molecule has 0 heterocycles. The minimum absolute atomic E-state index is 0.118. The van der Waals surface area contributed by atoms with Crippen molar-refractivity contribution < 1.29 is 14.3 Å². The molecule has 0 radical (unpaired) electrons. The largest absolute Gasteiger partial charge is 0.490 e. The highest BCUT2D eigenvalue weighted by Crippen LogP contribution is 2.17. The monoisotopic (exact) mass is 410 g/mol. The van der Waals surface area contributed by atoms with Gasteiger partial charge in [-0.1, -0.05) is 54.1 Å². The molecular formula is C23H23ClN2O3. The third kappa shape index (κ3) is 7.05. The molecule has 0 spiro atoms. The van der Waals surface area contributed by atoms with Gasteiger partial charge < -0.3 is 20.1 Å². The Hall–Kier alpha value is -3.18. The first-order valence-electron chi connectivity index (χ1n) is 9.35. The number of carbonyl (C=O) groups excluding carboxylic acids is 1. The number of hydrogen-bond donors (Lipinski definition) is 2. The van der Waals surface area contributed by atoms with Crippen LogP contribution in [-0.4, -0.2) is 25.7 Å². The van der Waals surface area contributed by atoms with E-state index in [1.165, 1.54) is 0 Å². The van der Waals surface area contributed by atoms with Gasteiger partial charge in [-0.05, 0) is 35.9 Å². The molecule has 3 aromatic rings. The maximum Gasteiger partial charge on any atom is 0.239 e. The number of para-hydroxylation sites is 1. The number of carbonyl (C=O) groups is 1. The standard InChI is InChI=1S/C23H23ClN2O3/c24-22-12-5-4-7-18(22)16-26-23(27)17-25-19-8-6-11-21(15-19)29-14-13-28-20-9-2-1-3-10-20/h1-12,15,25H,13-14,16-17H2,(H,26,27). The van der Waals surface area contributed by atoms with Crippen molar-refractivity contribution in [2.24, 2.45) is 0 Å². The van der Waals surface area contributed by atoms with Crippen LogP contribution in [0.25, 0.3) is 0 Å². The molecule has 0 atom stereocenters. The topological polar surface area (TPSA) is 59.6 Å². The smallest absolute Gasteiger partial charge is 0.239 e. The lowest BCUT2D eigenvalue weighted by Gasteiger charge is -2.11. The van der Waals surface area contributed by atoms with E-state index in [0.717, 1.165) is 17.0 Å². The third-order valence-electron chi connectivity index (χ3n) is 4.08. The lowest BCUT2D eigenvalue weighted by molar-refractivity contribution is -0.119. The number of anilines is 1. The summed E-state index contributed by atoms with van der Waals surface area (Å²) < 4.78 is 11.3. The molecule has 5 nitrogen and oxygen atoms in total. The zero-order chi connectivity index (χ0) is 20.3. The molecule has 6 heteroatoms. The molecule has 0 saturated heterocycles. The van der Waals surface area contributed by atoms with Gasteiger partial charge in [0.05, 0.1) is 6.54 Å². The van der Waals surface area contributed by atoms with Crippen molar-refractivity contribution in [1.29, 1.82) is 0 Å². The number of hydrogen-bond acceptors (Lipinski definition) is 4. The van der Waals surface area contributed by atoms with E-state index in [9.17, 15) is 4.79 Å². The molecule has 0 aliphatic rings. The molecule has 0 aliphatic carbocycles. The summed E-state index contributed by atoms with van der Waals surface area (Å²) in [6.07, 6.45) is 0. The van der Waals surface area contributed by atoms with Crippen molar-refractivity contribution in [2.45, 2.75) is 6.54 Å². The van der Waals surface area contributed by atoms with Gasteiger partial charge in [0, 0.05) is 23.3 Å². The van der Waals surface area contributed by atoms with Gasteiger partial charge >= 0.3 is 0 Å². The zero-order valence-electron chi connectivity index (χ0n) is 15.9. The number of benzene rings is 3. The number of nitrogens with one attached hydrogen (secondary N) is 2. The Bertz CT molecular complexity index is 919. The molecule has 2 N–H and O–H groups in total. The average molecular weight is 411 g/mol. The van der Waals surface area contributed by atoms with Gasteiger partial charge in [0.2, 0.25) is 5.91 Å². The predicted molar refractivity (Wildman–Crippen MR) is 116 cm³/mol. The van der Waals surface area contributed by atoms with Crippen LogP contribution < -0.4 is 20.1 Å². The molecule has 1 amide bonds. The Morgan fingerprint density at radius 1 is 0.828 bits per heavy atom. The second-order valence-electron chi connectivity index (χ2n) is 6.26. The molecule has 150 valence electrons. The lowest BCUT2D eigenvalue weighted by atomic mass is 10.2. The fourth-order valence-electron chi connectivity index (χ4n) is 2.61. The lowest BCUT2D eigenvalue weighted by Crippen LogP contribution is -2.29. The van der Waals surface area contributed by atoms with Crippen LogP contribution >= 0.6 is 11.6 Å². The highest BCUT2D eigenvalue weighted by molar-refractivity contribution is 6.31.